The lowest BCUT2D eigenvalue weighted by Gasteiger charge is -2.25. The number of anilines is 1. The summed E-state index contributed by atoms with van der Waals surface area (Å²) in [6, 6.07) is 6.38. The number of halogens is 4. The summed E-state index contributed by atoms with van der Waals surface area (Å²) in [7, 11) is 0. The van der Waals surface area contributed by atoms with E-state index in [1.165, 1.54) is 12.0 Å². The topological polar surface area (TPSA) is 38.3 Å². The van der Waals surface area contributed by atoms with Gasteiger partial charge in [-0.25, -0.2) is 13.2 Å². The molecule has 2 aromatic carbocycles. The van der Waals surface area contributed by atoms with Gasteiger partial charge in [0.1, 0.15) is 0 Å². The summed E-state index contributed by atoms with van der Waals surface area (Å²) in [6.07, 6.45) is 5.25. The number of benzene rings is 2. The molecule has 2 aromatic rings. The first-order valence-electron chi connectivity index (χ1n) is 10.8. The molecule has 1 amide bonds. The predicted molar refractivity (Wildman–Crippen MR) is 131 cm³/mol. The molecule has 0 saturated heterocycles. The molecule has 1 N–H and O–H groups in total. The van der Waals surface area contributed by atoms with Crippen LogP contribution in [0.2, 0.25) is 5.02 Å². The first-order chi connectivity index (χ1) is 15.7. The molecule has 33 heavy (non-hydrogen) atoms. The zero-order chi connectivity index (χ0) is 24.1. The first-order valence-corrected chi connectivity index (χ1v) is 13.2. The first kappa shape index (κ1) is 26.3. The van der Waals surface area contributed by atoms with Gasteiger partial charge < -0.3 is 9.50 Å². The maximum Gasteiger partial charge on any atom is 0.255 e. The van der Waals surface area contributed by atoms with Crippen LogP contribution in [0.5, 0.6) is 0 Å². The Kier molecular flexibility index (Phi) is 9.44. The van der Waals surface area contributed by atoms with Gasteiger partial charge in [0.05, 0.1) is 11.6 Å². The molecule has 0 radical (unpaired) electrons. The van der Waals surface area contributed by atoms with E-state index >= 15 is 0 Å². The van der Waals surface area contributed by atoms with Crippen molar-refractivity contribution >= 4 is 47.0 Å². The summed E-state index contributed by atoms with van der Waals surface area (Å²) in [5, 5.41) is 3.32. The Morgan fingerprint density at radius 2 is 1.91 bits per heavy atom. The number of carbonyl (C=O) groups excluding carboxylic acids is 1. The molecule has 3 nitrogen and oxygen atoms in total. The van der Waals surface area contributed by atoms with Gasteiger partial charge in [-0.15, -0.1) is 11.8 Å². The van der Waals surface area contributed by atoms with Crippen LogP contribution in [0, 0.1) is 35.2 Å². The van der Waals surface area contributed by atoms with Gasteiger partial charge in [0.2, 0.25) is 0 Å². The van der Waals surface area contributed by atoms with Crippen LogP contribution < -0.4 is 5.32 Å². The van der Waals surface area contributed by atoms with Crippen LogP contribution in [-0.4, -0.2) is 24.0 Å². The van der Waals surface area contributed by atoms with Crippen LogP contribution >= 0.6 is 35.4 Å². The molecule has 0 aromatic heterocycles. The highest BCUT2D eigenvalue weighted by Gasteiger charge is 2.35. The Labute approximate surface area is 206 Å². The summed E-state index contributed by atoms with van der Waals surface area (Å²) in [4.78, 5) is 13.5. The van der Waals surface area contributed by atoms with Crippen molar-refractivity contribution in [2.24, 2.45) is 17.8 Å². The van der Waals surface area contributed by atoms with Gasteiger partial charge in [0.25, 0.3) is 5.91 Å². The van der Waals surface area contributed by atoms with E-state index in [1.807, 2.05) is 6.26 Å². The average molecular weight is 518 g/mol. The minimum Gasteiger partial charge on any atom is -0.322 e. The SMILES string of the molecule is CSOCC(C)CC1CCC(C)C1Sc1cc(C(=O)Nc2cc(F)c(F)c(F)c2)ccc1Cl. The maximum absolute atomic E-state index is 13.5. The quantitative estimate of drug-likeness (QED) is 0.271. The summed E-state index contributed by atoms with van der Waals surface area (Å²) >= 11 is 9.51. The third-order valence-corrected chi connectivity index (χ3v) is 8.42. The molecule has 180 valence electrons. The van der Waals surface area contributed by atoms with Gasteiger partial charge in [-0.1, -0.05) is 25.4 Å². The number of thioether (sulfide) groups is 1. The van der Waals surface area contributed by atoms with Crippen LogP contribution in [-0.2, 0) is 4.18 Å². The molecule has 3 rings (SSSR count). The summed E-state index contributed by atoms with van der Waals surface area (Å²) in [5.41, 5.74) is 0.141. The zero-order valence-corrected chi connectivity index (χ0v) is 21.1. The number of nitrogens with one attached hydrogen (secondary N) is 1. The molecule has 0 bridgehead atoms. The summed E-state index contributed by atoms with van der Waals surface area (Å²) in [6.45, 7) is 5.15. The van der Waals surface area contributed by atoms with Crippen molar-refractivity contribution in [2.75, 3.05) is 18.2 Å². The number of hydrogen-bond donors (Lipinski definition) is 1. The molecule has 0 spiro atoms. The van der Waals surface area contributed by atoms with Gasteiger partial charge in [0, 0.05) is 39.8 Å². The minimum atomic E-state index is -1.58. The van der Waals surface area contributed by atoms with Crippen LogP contribution in [0.4, 0.5) is 18.9 Å². The fraction of sp³-hybridized carbons (Fsp3) is 0.458. The summed E-state index contributed by atoms with van der Waals surface area (Å²) in [5.74, 6) is -3.39. The molecular formula is C24H27ClF3NO2S2. The van der Waals surface area contributed by atoms with E-state index in [2.05, 4.69) is 19.2 Å². The third kappa shape index (κ3) is 6.84. The van der Waals surface area contributed by atoms with Crippen LogP contribution in [0.1, 0.15) is 43.5 Å². The van der Waals surface area contributed by atoms with Crippen LogP contribution in [0.3, 0.4) is 0 Å². The van der Waals surface area contributed by atoms with E-state index in [1.54, 1.807) is 30.0 Å². The zero-order valence-electron chi connectivity index (χ0n) is 18.7. The Balaban J connectivity index is 1.73. The van der Waals surface area contributed by atoms with E-state index < -0.39 is 23.4 Å². The lowest BCUT2D eigenvalue weighted by Crippen LogP contribution is -2.20. The lowest BCUT2D eigenvalue weighted by atomic mass is 9.94. The molecule has 4 atom stereocenters. The maximum atomic E-state index is 13.5. The molecular weight excluding hydrogens is 491 g/mol. The van der Waals surface area contributed by atoms with Crippen LogP contribution in [0.25, 0.3) is 0 Å². The fourth-order valence-corrected chi connectivity index (χ4v) is 6.31. The van der Waals surface area contributed by atoms with E-state index in [-0.39, 0.29) is 5.69 Å². The molecule has 4 unspecified atom stereocenters. The highest BCUT2D eigenvalue weighted by molar-refractivity contribution is 8.00. The molecule has 0 heterocycles. The normalized spacial score (nSPS) is 21.2. The van der Waals surface area contributed by atoms with Crippen molar-refractivity contribution in [1.29, 1.82) is 0 Å². The average Bonchev–Trinajstić information content (AvgIpc) is 3.10. The Hall–Kier alpha value is -1.35. The molecule has 0 aliphatic heterocycles. The van der Waals surface area contributed by atoms with E-state index in [9.17, 15) is 18.0 Å². The van der Waals surface area contributed by atoms with Crippen molar-refractivity contribution in [1.82, 2.24) is 0 Å². The van der Waals surface area contributed by atoms with Gasteiger partial charge >= 0.3 is 0 Å². The molecule has 1 aliphatic carbocycles. The van der Waals surface area contributed by atoms with Crippen molar-refractivity contribution in [3.05, 3.63) is 58.4 Å². The highest BCUT2D eigenvalue weighted by atomic mass is 35.5. The monoisotopic (exact) mass is 517 g/mol. The predicted octanol–water partition coefficient (Wildman–Crippen LogP) is 7.84. The van der Waals surface area contributed by atoms with Gasteiger partial charge in [-0.05, 0) is 67.3 Å². The van der Waals surface area contributed by atoms with E-state index in [0.29, 0.717) is 40.2 Å². The second-order valence-corrected chi connectivity index (χ2v) is 10.7. The number of rotatable bonds is 9. The van der Waals surface area contributed by atoms with Gasteiger partial charge in [-0.2, -0.15) is 0 Å². The second-order valence-electron chi connectivity index (χ2n) is 8.54. The van der Waals surface area contributed by atoms with E-state index in [0.717, 1.165) is 36.3 Å². The smallest absolute Gasteiger partial charge is 0.255 e. The molecule has 9 heteroatoms. The Bertz CT molecular complexity index is 971. The third-order valence-electron chi connectivity index (χ3n) is 5.89. The molecule has 1 saturated carbocycles. The van der Waals surface area contributed by atoms with E-state index in [4.69, 9.17) is 15.8 Å². The molecule has 1 fully saturated rings. The standard InChI is InChI=1S/C24H27ClF3NO2S2/c1-13(12-31-32-3)8-15-5-4-14(2)23(15)33-21-9-16(6-7-18(21)25)24(30)29-17-10-19(26)22(28)20(27)11-17/h6-7,9-11,13-15,23H,4-5,8,12H2,1-3H3,(H,29,30). The Morgan fingerprint density at radius 1 is 1.21 bits per heavy atom. The molecule has 1 aliphatic rings. The highest BCUT2D eigenvalue weighted by Crippen LogP contribution is 2.46. The number of hydrogen-bond acceptors (Lipinski definition) is 4. The fourth-order valence-electron chi connectivity index (χ4n) is 4.22. The number of carbonyl (C=O) groups is 1. The minimum absolute atomic E-state index is 0.161. The lowest BCUT2D eigenvalue weighted by molar-refractivity contribution is 0.102. The van der Waals surface area contributed by atoms with Gasteiger partial charge in [-0.3, -0.25) is 4.79 Å². The van der Waals surface area contributed by atoms with Crippen molar-refractivity contribution < 1.29 is 22.1 Å². The van der Waals surface area contributed by atoms with Crippen molar-refractivity contribution in [3.8, 4) is 0 Å². The Morgan fingerprint density at radius 3 is 2.58 bits per heavy atom. The summed E-state index contributed by atoms with van der Waals surface area (Å²) < 4.78 is 45.6. The van der Waals surface area contributed by atoms with Crippen molar-refractivity contribution in [3.63, 3.8) is 0 Å². The van der Waals surface area contributed by atoms with Gasteiger partial charge in [0.15, 0.2) is 17.5 Å². The van der Waals surface area contributed by atoms with Crippen molar-refractivity contribution in [2.45, 2.75) is 43.3 Å². The number of amides is 1. The second kappa shape index (κ2) is 11.9. The van der Waals surface area contributed by atoms with Crippen LogP contribution in [0.15, 0.2) is 35.2 Å². The largest absolute Gasteiger partial charge is 0.322 e.